The number of hydrogen-bond donors (Lipinski definition) is 3. The van der Waals surface area contributed by atoms with E-state index in [-0.39, 0.29) is 54.5 Å². The molecule has 2 aromatic carbocycles. The fraction of sp³-hybridized carbons (Fsp3) is 0.393. The van der Waals surface area contributed by atoms with Crippen LogP contribution in [0.25, 0.3) is 17.0 Å². The quantitative estimate of drug-likeness (QED) is 0.346. The average Bonchev–Trinajstić information content (AvgIpc) is 3.47. The molecular weight excluding hydrogens is 579 g/mol. The Morgan fingerprint density at radius 3 is 2.55 bits per heavy atom. The number of ketones is 1. The monoisotopic (exact) mass is 612 g/mol. The standard InChI is InChI=1S/C28H32N4O5.3ClH/c33-25-4-2-21-27(34)26(37-28(21)23(25)18-32-7-5-29-6-8-32)15-19-17-30-24-3-1-20(16-22(19)24)36-14-11-31-9-12-35-13-10-31;;;/h1-4,15-17,29-30,33H,5-14,18H2;3*1H. The van der Waals surface area contributed by atoms with E-state index >= 15 is 0 Å². The maximum Gasteiger partial charge on any atom is 0.231 e. The van der Waals surface area contributed by atoms with Gasteiger partial charge in [-0.2, -0.15) is 0 Å². The van der Waals surface area contributed by atoms with E-state index in [1.165, 1.54) is 0 Å². The molecule has 0 amide bonds. The fourth-order valence-electron chi connectivity index (χ4n) is 5.13. The molecule has 0 saturated carbocycles. The predicted molar refractivity (Wildman–Crippen MR) is 162 cm³/mol. The molecule has 3 aliphatic heterocycles. The number of aromatic nitrogens is 1. The van der Waals surface area contributed by atoms with Crippen molar-refractivity contribution in [3.05, 3.63) is 59.0 Å². The minimum absolute atomic E-state index is 0. The Balaban J connectivity index is 0.00000147. The molecule has 3 aromatic rings. The number of phenolic OH excluding ortho intramolecular Hbond substituents is 1. The van der Waals surface area contributed by atoms with Crippen LogP contribution in [0.15, 0.2) is 42.3 Å². The topological polar surface area (TPSA) is 99.3 Å². The number of halogens is 3. The number of carbonyl (C=O) groups excluding carboxylic acids is 1. The van der Waals surface area contributed by atoms with Crippen LogP contribution in [0.2, 0.25) is 0 Å². The van der Waals surface area contributed by atoms with Crippen molar-refractivity contribution in [3.8, 4) is 17.2 Å². The molecule has 3 N–H and O–H groups in total. The van der Waals surface area contributed by atoms with Gasteiger partial charge in [-0.1, -0.05) is 0 Å². The lowest BCUT2D eigenvalue weighted by Crippen LogP contribution is -2.42. The third kappa shape index (κ3) is 6.86. The second kappa shape index (κ2) is 14.4. The Labute approximate surface area is 252 Å². The molecule has 12 heteroatoms. The summed E-state index contributed by atoms with van der Waals surface area (Å²) in [7, 11) is 0. The van der Waals surface area contributed by atoms with E-state index in [0.29, 0.717) is 30.0 Å². The van der Waals surface area contributed by atoms with Crippen LogP contribution in [0.1, 0.15) is 21.5 Å². The summed E-state index contributed by atoms with van der Waals surface area (Å²) in [5.74, 6) is 1.47. The molecule has 0 atom stereocenters. The van der Waals surface area contributed by atoms with Gasteiger partial charge in [-0.15, -0.1) is 37.2 Å². The Morgan fingerprint density at radius 1 is 1.00 bits per heavy atom. The van der Waals surface area contributed by atoms with Crippen LogP contribution in [0.3, 0.4) is 0 Å². The molecule has 2 fully saturated rings. The maximum atomic E-state index is 13.2. The molecule has 0 bridgehead atoms. The fourth-order valence-corrected chi connectivity index (χ4v) is 5.13. The van der Waals surface area contributed by atoms with Gasteiger partial charge in [-0.25, -0.2) is 0 Å². The van der Waals surface area contributed by atoms with Crippen molar-refractivity contribution in [3.63, 3.8) is 0 Å². The van der Waals surface area contributed by atoms with Gasteiger partial charge in [0.15, 0.2) is 5.76 Å². The number of Topliss-reactive ketones (excluding diaryl/α,β-unsaturated/α-hetero) is 1. The van der Waals surface area contributed by atoms with Gasteiger partial charge >= 0.3 is 0 Å². The van der Waals surface area contributed by atoms with Crippen molar-refractivity contribution in [2.45, 2.75) is 6.54 Å². The van der Waals surface area contributed by atoms with Gasteiger partial charge in [-0.05, 0) is 36.4 Å². The number of nitrogens with one attached hydrogen (secondary N) is 2. The van der Waals surface area contributed by atoms with E-state index in [9.17, 15) is 9.90 Å². The summed E-state index contributed by atoms with van der Waals surface area (Å²) in [5, 5.41) is 14.9. The van der Waals surface area contributed by atoms with Crippen molar-refractivity contribution in [1.82, 2.24) is 20.1 Å². The molecule has 0 spiro atoms. The third-order valence-electron chi connectivity index (χ3n) is 7.26. The maximum absolute atomic E-state index is 13.2. The number of rotatable bonds is 7. The van der Waals surface area contributed by atoms with Crippen molar-refractivity contribution in [2.75, 3.05) is 65.6 Å². The second-order valence-electron chi connectivity index (χ2n) is 9.66. The van der Waals surface area contributed by atoms with Crippen LogP contribution in [0.4, 0.5) is 0 Å². The van der Waals surface area contributed by atoms with Gasteiger partial charge < -0.3 is 29.6 Å². The molecule has 40 heavy (non-hydrogen) atoms. The number of hydrogen-bond acceptors (Lipinski definition) is 8. The summed E-state index contributed by atoms with van der Waals surface area (Å²) in [4.78, 5) is 21.1. The largest absolute Gasteiger partial charge is 0.507 e. The summed E-state index contributed by atoms with van der Waals surface area (Å²) >= 11 is 0. The summed E-state index contributed by atoms with van der Waals surface area (Å²) in [6.07, 6.45) is 3.64. The number of piperazine rings is 1. The first kappa shape index (κ1) is 32.0. The van der Waals surface area contributed by atoms with Gasteiger partial charge in [0.2, 0.25) is 5.78 Å². The SMILES string of the molecule is Cl.Cl.Cl.O=C1C(=Cc2c[nH]c3ccc(OCCN4CCOCC4)cc23)Oc2c1ccc(O)c2CN1CCNCC1. The average molecular weight is 614 g/mol. The van der Waals surface area contributed by atoms with Crippen molar-refractivity contribution >= 4 is 60.0 Å². The highest BCUT2D eigenvalue weighted by Gasteiger charge is 2.32. The minimum atomic E-state index is -0.177. The third-order valence-corrected chi connectivity index (χ3v) is 7.26. The zero-order chi connectivity index (χ0) is 25.2. The number of aromatic amines is 1. The first-order valence-corrected chi connectivity index (χ1v) is 12.9. The number of carbonyl (C=O) groups is 1. The zero-order valence-corrected chi connectivity index (χ0v) is 24.5. The molecular formula is C28H35Cl3N4O5. The Morgan fingerprint density at radius 2 is 1.77 bits per heavy atom. The highest BCUT2D eigenvalue weighted by atomic mass is 35.5. The van der Waals surface area contributed by atoms with Crippen molar-refractivity contribution in [2.24, 2.45) is 0 Å². The molecule has 3 aliphatic rings. The van der Waals surface area contributed by atoms with E-state index in [1.54, 1.807) is 18.2 Å². The first-order chi connectivity index (χ1) is 18.2. The minimum Gasteiger partial charge on any atom is -0.507 e. The normalized spacial score (nSPS) is 18.4. The van der Waals surface area contributed by atoms with Gasteiger partial charge in [-0.3, -0.25) is 14.6 Å². The Hall–Kier alpha value is -2.50. The van der Waals surface area contributed by atoms with Gasteiger partial charge in [0.05, 0.1) is 24.3 Å². The summed E-state index contributed by atoms with van der Waals surface area (Å²) in [5.41, 5.74) is 2.94. The number of nitrogens with zero attached hydrogens (tertiary/aromatic N) is 2. The molecule has 0 radical (unpaired) electrons. The second-order valence-corrected chi connectivity index (χ2v) is 9.66. The van der Waals surface area contributed by atoms with Gasteiger partial charge in [0.25, 0.3) is 0 Å². The Kier molecular flexibility index (Phi) is 11.5. The molecule has 6 rings (SSSR count). The first-order valence-electron chi connectivity index (χ1n) is 12.9. The van der Waals surface area contributed by atoms with Gasteiger partial charge in [0, 0.05) is 75.0 Å². The lowest BCUT2D eigenvalue weighted by Gasteiger charge is -2.27. The summed E-state index contributed by atoms with van der Waals surface area (Å²) in [6.45, 7) is 8.97. The van der Waals surface area contributed by atoms with E-state index in [4.69, 9.17) is 14.2 Å². The number of aromatic hydroxyl groups is 1. The number of allylic oxidation sites excluding steroid dienone is 1. The number of benzene rings is 2. The van der Waals surface area contributed by atoms with Crippen molar-refractivity contribution < 1.29 is 24.1 Å². The Bertz CT molecular complexity index is 1340. The smallest absolute Gasteiger partial charge is 0.231 e. The molecule has 218 valence electrons. The van der Waals surface area contributed by atoms with Gasteiger partial charge in [0.1, 0.15) is 23.9 Å². The number of morpholine rings is 1. The number of ether oxygens (including phenoxy) is 3. The number of phenols is 1. The lowest BCUT2D eigenvalue weighted by molar-refractivity contribution is 0.0322. The summed E-state index contributed by atoms with van der Waals surface area (Å²) in [6, 6.07) is 9.16. The van der Waals surface area contributed by atoms with Crippen LogP contribution in [-0.2, 0) is 11.3 Å². The van der Waals surface area contributed by atoms with Crippen LogP contribution >= 0.6 is 37.2 Å². The van der Waals surface area contributed by atoms with E-state index in [2.05, 4.69) is 20.1 Å². The predicted octanol–water partition coefficient (Wildman–Crippen LogP) is 3.87. The van der Waals surface area contributed by atoms with E-state index in [0.717, 1.165) is 81.2 Å². The number of H-pyrrole nitrogens is 1. The lowest BCUT2D eigenvalue weighted by atomic mass is 10.0. The molecule has 4 heterocycles. The molecule has 9 nitrogen and oxygen atoms in total. The molecule has 0 aliphatic carbocycles. The van der Waals surface area contributed by atoms with Crippen molar-refractivity contribution in [1.29, 1.82) is 0 Å². The summed E-state index contributed by atoms with van der Waals surface area (Å²) < 4.78 is 17.5. The molecule has 1 aromatic heterocycles. The molecule has 0 unspecified atom stereocenters. The van der Waals surface area contributed by atoms with Crippen LogP contribution in [0.5, 0.6) is 17.2 Å². The van der Waals surface area contributed by atoms with Crippen LogP contribution in [-0.4, -0.2) is 91.3 Å². The van der Waals surface area contributed by atoms with E-state index < -0.39 is 0 Å². The molecule has 2 saturated heterocycles. The van der Waals surface area contributed by atoms with E-state index in [1.807, 2.05) is 24.4 Å². The zero-order valence-electron chi connectivity index (χ0n) is 22.0. The highest BCUT2D eigenvalue weighted by molar-refractivity contribution is 6.15. The van der Waals surface area contributed by atoms with Crippen LogP contribution < -0.4 is 14.8 Å². The number of fused-ring (bicyclic) bond motifs is 2. The van der Waals surface area contributed by atoms with Crippen LogP contribution in [0, 0.1) is 0 Å². The highest BCUT2D eigenvalue weighted by Crippen LogP contribution is 2.40.